The lowest BCUT2D eigenvalue weighted by molar-refractivity contribution is 0.00929. The molecule has 1 aromatic carbocycles. The van der Waals surface area contributed by atoms with Crippen LogP contribution in [-0.4, -0.2) is 106 Å². The number of hydrogen-bond acceptors (Lipinski definition) is 7. The molecule has 0 spiro atoms. The van der Waals surface area contributed by atoms with Crippen molar-refractivity contribution in [3.63, 3.8) is 0 Å². The molecular weight excluding hydrogens is 452 g/mol. The first-order valence-electron chi connectivity index (χ1n) is 12.8. The number of Topliss-reactive ketones (excluding diaryl/α,β-unsaturated/α-hetero) is 1. The molecule has 1 N–H and O–H groups in total. The number of piperazine rings is 1. The molecule has 0 atom stereocenters. The first-order chi connectivity index (χ1) is 16.4. The summed E-state index contributed by atoms with van der Waals surface area (Å²) in [6, 6.07) is 6.37. The quantitative estimate of drug-likeness (QED) is 0.527. The molecule has 1 aliphatic carbocycles. The molecule has 3 aliphatic rings. The van der Waals surface area contributed by atoms with Gasteiger partial charge in [0.25, 0.3) is 0 Å². The smallest absolute Gasteiger partial charge is 0.243 e. The van der Waals surface area contributed by atoms with Gasteiger partial charge in [-0.05, 0) is 31.5 Å². The van der Waals surface area contributed by atoms with E-state index < -0.39 is 10.0 Å². The van der Waals surface area contributed by atoms with Crippen LogP contribution < -0.4 is 5.32 Å². The Bertz CT molecular complexity index is 901. The third-order valence-corrected chi connectivity index (χ3v) is 9.71. The van der Waals surface area contributed by atoms with Crippen LogP contribution in [0.25, 0.3) is 0 Å². The van der Waals surface area contributed by atoms with Gasteiger partial charge in [-0.3, -0.25) is 9.69 Å². The third-order valence-electron chi connectivity index (χ3n) is 7.80. The number of hydrogen-bond donors (Lipinski definition) is 1. The van der Waals surface area contributed by atoms with E-state index in [2.05, 4.69) is 22.0 Å². The number of ketones is 1. The fourth-order valence-corrected chi connectivity index (χ4v) is 7.02. The number of nitrogens with zero attached hydrogens (tertiary/aromatic N) is 3. The fourth-order valence-electron chi connectivity index (χ4n) is 5.61. The number of likely N-dealkylation sites (N-methyl/N-ethyl adjacent to an activating group) is 1. The van der Waals surface area contributed by atoms with Crippen LogP contribution in [0.15, 0.2) is 29.2 Å². The summed E-state index contributed by atoms with van der Waals surface area (Å²) >= 11 is 0. The normalized spacial score (nSPS) is 23.1. The summed E-state index contributed by atoms with van der Waals surface area (Å²) in [5.41, 5.74) is 0.691. The average molecular weight is 493 g/mol. The molecule has 2 heterocycles. The second kappa shape index (κ2) is 11.6. The van der Waals surface area contributed by atoms with Crippen molar-refractivity contribution >= 4 is 15.8 Å². The van der Waals surface area contributed by atoms with E-state index in [1.807, 2.05) is 0 Å². The highest BCUT2D eigenvalue weighted by Crippen LogP contribution is 2.34. The monoisotopic (exact) mass is 492 g/mol. The molecule has 1 saturated carbocycles. The lowest BCUT2D eigenvalue weighted by Crippen LogP contribution is -2.61. The van der Waals surface area contributed by atoms with Crippen LogP contribution in [-0.2, 0) is 14.8 Å². The minimum absolute atomic E-state index is 0.00270. The molecule has 2 saturated heterocycles. The summed E-state index contributed by atoms with van der Waals surface area (Å²) in [4.78, 5) is 18.3. The van der Waals surface area contributed by atoms with Crippen LogP contribution in [0.2, 0.25) is 0 Å². The molecule has 0 unspecified atom stereocenters. The Morgan fingerprint density at radius 1 is 0.971 bits per heavy atom. The number of carbonyl (C=O) groups is 1. The van der Waals surface area contributed by atoms with E-state index in [1.165, 1.54) is 36.4 Å². The van der Waals surface area contributed by atoms with Gasteiger partial charge < -0.3 is 15.0 Å². The Kier molecular flexibility index (Phi) is 8.76. The maximum atomic E-state index is 12.9. The van der Waals surface area contributed by atoms with Crippen LogP contribution in [0.4, 0.5) is 0 Å². The molecule has 0 amide bonds. The van der Waals surface area contributed by atoms with E-state index in [1.54, 1.807) is 24.3 Å². The summed E-state index contributed by atoms with van der Waals surface area (Å²) < 4.78 is 32.3. The number of morpholine rings is 1. The summed E-state index contributed by atoms with van der Waals surface area (Å²) in [6.45, 7) is 10.4. The Balaban J connectivity index is 1.33. The van der Waals surface area contributed by atoms with Gasteiger partial charge in [0, 0.05) is 56.9 Å². The molecule has 0 radical (unpaired) electrons. The van der Waals surface area contributed by atoms with Gasteiger partial charge in [-0.15, -0.1) is 0 Å². The second-order valence-electron chi connectivity index (χ2n) is 9.77. The van der Waals surface area contributed by atoms with Gasteiger partial charge in [0.05, 0.1) is 24.7 Å². The average Bonchev–Trinajstić information content (AvgIpc) is 2.90. The first kappa shape index (κ1) is 25.7. The Morgan fingerprint density at radius 3 is 2.24 bits per heavy atom. The predicted octanol–water partition coefficient (Wildman–Crippen LogP) is 1.82. The zero-order valence-corrected chi connectivity index (χ0v) is 21.3. The highest BCUT2D eigenvalue weighted by Gasteiger charge is 2.39. The molecule has 190 valence electrons. The van der Waals surface area contributed by atoms with Crippen molar-refractivity contribution in [3.8, 4) is 0 Å². The summed E-state index contributed by atoms with van der Waals surface area (Å²) in [7, 11) is -3.55. The molecule has 1 aromatic rings. The van der Waals surface area contributed by atoms with Crippen LogP contribution in [0.1, 0.15) is 49.4 Å². The second-order valence-corrected chi connectivity index (χ2v) is 11.7. The molecule has 2 aliphatic heterocycles. The van der Waals surface area contributed by atoms with Crippen molar-refractivity contribution in [1.29, 1.82) is 0 Å². The van der Waals surface area contributed by atoms with Gasteiger partial charge in [-0.2, -0.15) is 4.31 Å². The van der Waals surface area contributed by atoms with E-state index in [9.17, 15) is 13.2 Å². The summed E-state index contributed by atoms with van der Waals surface area (Å²) in [5.74, 6) is -0.00270. The first-order valence-corrected chi connectivity index (χ1v) is 14.3. The Morgan fingerprint density at radius 2 is 1.62 bits per heavy atom. The largest absolute Gasteiger partial charge is 0.379 e. The summed E-state index contributed by atoms with van der Waals surface area (Å²) in [6.07, 6.45) is 6.18. The van der Waals surface area contributed by atoms with Crippen molar-refractivity contribution < 1.29 is 17.9 Å². The van der Waals surface area contributed by atoms with E-state index in [0.717, 1.165) is 39.3 Å². The van der Waals surface area contributed by atoms with Crippen molar-refractivity contribution in [2.45, 2.75) is 49.5 Å². The van der Waals surface area contributed by atoms with E-state index in [-0.39, 0.29) is 22.8 Å². The molecule has 34 heavy (non-hydrogen) atoms. The number of rotatable bonds is 9. The lowest BCUT2D eigenvalue weighted by atomic mass is 9.79. The van der Waals surface area contributed by atoms with Crippen molar-refractivity contribution in [3.05, 3.63) is 29.8 Å². The highest BCUT2D eigenvalue weighted by atomic mass is 32.2. The lowest BCUT2D eigenvalue weighted by Gasteiger charge is -2.50. The van der Waals surface area contributed by atoms with Crippen molar-refractivity contribution in [1.82, 2.24) is 19.4 Å². The molecule has 8 nitrogen and oxygen atoms in total. The zero-order chi connectivity index (χ0) is 24.0. The Hall–Kier alpha value is -1.36. The van der Waals surface area contributed by atoms with Gasteiger partial charge >= 0.3 is 0 Å². The number of nitrogens with one attached hydrogen (secondary N) is 1. The van der Waals surface area contributed by atoms with Crippen LogP contribution in [0.5, 0.6) is 0 Å². The highest BCUT2D eigenvalue weighted by molar-refractivity contribution is 7.89. The maximum Gasteiger partial charge on any atom is 0.243 e. The van der Waals surface area contributed by atoms with E-state index >= 15 is 0 Å². The Labute approximate surface area is 204 Å². The van der Waals surface area contributed by atoms with Crippen molar-refractivity contribution in [2.75, 3.05) is 72.1 Å². The van der Waals surface area contributed by atoms with E-state index in [0.29, 0.717) is 31.9 Å². The minimum atomic E-state index is -3.55. The van der Waals surface area contributed by atoms with Gasteiger partial charge in [-0.1, -0.05) is 38.3 Å². The van der Waals surface area contributed by atoms with Gasteiger partial charge in [-0.25, -0.2) is 8.42 Å². The van der Waals surface area contributed by atoms with Crippen molar-refractivity contribution in [2.24, 2.45) is 0 Å². The predicted molar refractivity (Wildman–Crippen MR) is 133 cm³/mol. The molecule has 9 heteroatoms. The fraction of sp³-hybridized carbons (Fsp3) is 0.720. The molecule has 0 aromatic heterocycles. The van der Waals surface area contributed by atoms with Crippen LogP contribution >= 0.6 is 0 Å². The van der Waals surface area contributed by atoms with E-state index in [4.69, 9.17) is 4.74 Å². The molecule has 0 bridgehead atoms. The SMILES string of the molecule is CCN1CCN(C2(CNCC(=O)c3ccc(S(=O)(=O)N4CCOCC4)cc3)CCCCC2)CC1. The molecule has 3 fully saturated rings. The third kappa shape index (κ3) is 5.88. The number of benzene rings is 1. The number of carbonyl (C=O) groups excluding carboxylic acids is 1. The zero-order valence-electron chi connectivity index (χ0n) is 20.5. The van der Waals surface area contributed by atoms with Gasteiger partial charge in [0.1, 0.15) is 0 Å². The van der Waals surface area contributed by atoms with Gasteiger partial charge in [0.15, 0.2) is 5.78 Å². The topological polar surface area (TPSA) is 82.2 Å². The van der Waals surface area contributed by atoms with Gasteiger partial charge in [0.2, 0.25) is 10.0 Å². The summed E-state index contributed by atoms with van der Waals surface area (Å²) in [5, 5.41) is 3.47. The number of sulfonamides is 1. The molecule has 4 rings (SSSR count). The minimum Gasteiger partial charge on any atom is -0.379 e. The standard InChI is InChI=1S/C25H40N4O4S/c1-2-27-12-14-28(15-13-27)25(10-4-3-5-11-25)21-26-20-24(30)22-6-8-23(9-7-22)34(31,32)29-16-18-33-19-17-29/h6-9,26H,2-5,10-21H2,1H3. The molecular formula is C25H40N4O4S. The maximum absolute atomic E-state index is 12.9. The van der Waals surface area contributed by atoms with Crippen LogP contribution in [0.3, 0.4) is 0 Å². The number of ether oxygens (including phenoxy) is 1. The van der Waals surface area contributed by atoms with Crippen LogP contribution in [0, 0.1) is 0 Å².